The van der Waals surface area contributed by atoms with Crippen molar-refractivity contribution in [2.45, 2.75) is 68.7 Å². The molecule has 3 unspecified atom stereocenters. The molecule has 3 fully saturated rings. The van der Waals surface area contributed by atoms with E-state index >= 15 is 0 Å². The van der Waals surface area contributed by atoms with Crippen LogP contribution in [0.2, 0.25) is 0 Å². The second-order valence-corrected chi connectivity index (χ2v) is 10.2. The largest absolute Gasteiger partial charge is 0.504 e. The van der Waals surface area contributed by atoms with Crippen molar-refractivity contribution in [3.63, 3.8) is 0 Å². The number of furan rings is 1. The summed E-state index contributed by atoms with van der Waals surface area (Å²) in [7, 11) is 1.61. The minimum Gasteiger partial charge on any atom is -0.504 e. The molecule has 1 saturated heterocycles. The van der Waals surface area contributed by atoms with Crippen LogP contribution in [0, 0.1) is 5.92 Å². The molecule has 4 atom stereocenters. The molecule has 5 heteroatoms. The van der Waals surface area contributed by atoms with Crippen LogP contribution < -0.4 is 4.74 Å². The fourth-order valence-electron chi connectivity index (χ4n) is 7.88. The molecule has 3 aliphatic carbocycles. The highest BCUT2D eigenvalue weighted by Crippen LogP contribution is 2.75. The number of Topliss-reactive ketones (excluding diaryl/α,β-unsaturated/α-hetero) is 1. The number of ether oxygens (including phenoxy) is 1. The Bertz CT molecular complexity index is 1040. The molecule has 2 heterocycles. The summed E-state index contributed by atoms with van der Waals surface area (Å²) in [5.41, 5.74) is 4.15. The Balaban J connectivity index is 1.55. The van der Waals surface area contributed by atoms with Gasteiger partial charge in [-0.15, -0.1) is 0 Å². The first kappa shape index (κ1) is 19.4. The van der Waals surface area contributed by atoms with Crippen LogP contribution in [0.3, 0.4) is 0 Å². The van der Waals surface area contributed by atoms with Crippen LogP contribution in [0.15, 0.2) is 29.1 Å². The number of rotatable bonds is 6. The third kappa shape index (κ3) is 2.33. The Morgan fingerprint density at radius 3 is 2.90 bits per heavy atom. The molecule has 1 N–H and O–H groups in total. The van der Waals surface area contributed by atoms with Crippen LogP contribution in [-0.2, 0) is 15.6 Å². The Labute approximate surface area is 183 Å². The Hall–Kier alpha value is -2.27. The maximum Gasteiger partial charge on any atom is 0.161 e. The molecular weight excluding hydrogens is 390 g/mol. The monoisotopic (exact) mass is 421 g/mol. The van der Waals surface area contributed by atoms with Crippen molar-refractivity contribution in [2.24, 2.45) is 5.92 Å². The molecule has 2 bridgehead atoms. The van der Waals surface area contributed by atoms with Crippen LogP contribution in [0.4, 0.5) is 0 Å². The lowest BCUT2D eigenvalue weighted by Gasteiger charge is -2.59. The molecule has 1 aliphatic heterocycles. The fourth-order valence-corrected chi connectivity index (χ4v) is 7.88. The van der Waals surface area contributed by atoms with Crippen LogP contribution in [0.25, 0.3) is 11.1 Å². The van der Waals surface area contributed by atoms with Crippen LogP contribution >= 0.6 is 0 Å². The molecule has 2 aromatic rings. The van der Waals surface area contributed by atoms with E-state index in [0.717, 1.165) is 42.6 Å². The first-order valence-electron chi connectivity index (χ1n) is 11.8. The molecule has 1 aromatic heterocycles. The maximum atomic E-state index is 12.8. The number of likely N-dealkylation sites (tertiary alicyclic amines) is 1. The highest BCUT2D eigenvalue weighted by atomic mass is 16.5. The van der Waals surface area contributed by atoms with Gasteiger partial charge >= 0.3 is 0 Å². The Kier molecular flexibility index (Phi) is 4.14. The topological polar surface area (TPSA) is 62.9 Å². The number of phenolic OH excluding ortho intramolecular Hbond substituents is 1. The van der Waals surface area contributed by atoms with Crippen molar-refractivity contribution >= 4 is 5.78 Å². The lowest BCUT2D eigenvalue weighted by molar-refractivity contribution is -0.124. The Morgan fingerprint density at radius 1 is 1.29 bits per heavy atom. The van der Waals surface area contributed by atoms with E-state index in [0.29, 0.717) is 36.3 Å². The van der Waals surface area contributed by atoms with E-state index < -0.39 is 0 Å². The van der Waals surface area contributed by atoms with Crippen molar-refractivity contribution < 1.29 is 19.1 Å². The number of benzene rings is 1. The third-order valence-corrected chi connectivity index (χ3v) is 8.78. The van der Waals surface area contributed by atoms with Gasteiger partial charge in [0.25, 0.3) is 0 Å². The van der Waals surface area contributed by atoms with Crippen molar-refractivity contribution in [2.75, 3.05) is 20.2 Å². The standard InChI is InChI=1S/C26H31NO4/c1-3-4-5-9-27-15-26-14-25(12-17(28)6-7-19(25)24(26)27)22-21(26)18(16-8-10-31-13-16)11-20(30-2)23(22)29/h8,10-11,13,19,24,29H,3-7,9,12,14-15H2,1-2H3/t19?,24?,25-,26?/m0/s1. The van der Waals surface area contributed by atoms with Crippen molar-refractivity contribution in [1.29, 1.82) is 0 Å². The summed E-state index contributed by atoms with van der Waals surface area (Å²) >= 11 is 0. The predicted octanol–water partition coefficient (Wildman–Crippen LogP) is 4.80. The lowest BCUT2D eigenvalue weighted by Crippen LogP contribution is -2.68. The fraction of sp³-hybridized carbons (Fsp3) is 0.577. The normalized spacial score (nSPS) is 33.0. The summed E-state index contributed by atoms with van der Waals surface area (Å²) in [4.78, 5) is 15.4. The number of fused-ring (bicyclic) bond motifs is 2. The van der Waals surface area contributed by atoms with Gasteiger partial charge in [-0.3, -0.25) is 9.69 Å². The van der Waals surface area contributed by atoms with Gasteiger partial charge in [0.1, 0.15) is 5.78 Å². The number of aromatic hydroxyl groups is 1. The smallest absolute Gasteiger partial charge is 0.161 e. The van der Waals surface area contributed by atoms with E-state index in [2.05, 4.69) is 11.8 Å². The number of carbonyl (C=O) groups excluding carboxylic acids is 1. The van der Waals surface area contributed by atoms with Gasteiger partial charge in [-0.25, -0.2) is 0 Å². The van der Waals surface area contributed by atoms with Gasteiger partial charge in [-0.2, -0.15) is 0 Å². The second kappa shape index (κ2) is 6.61. The zero-order valence-electron chi connectivity index (χ0n) is 18.4. The molecule has 0 radical (unpaired) electrons. The molecule has 4 aliphatic rings. The van der Waals surface area contributed by atoms with Crippen molar-refractivity contribution in [3.8, 4) is 22.6 Å². The zero-order valence-corrected chi connectivity index (χ0v) is 18.4. The Morgan fingerprint density at radius 2 is 2.16 bits per heavy atom. The first-order valence-corrected chi connectivity index (χ1v) is 11.8. The van der Waals surface area contributed by atoms with Crippen molar-refractivity contribution in [3.05, 3.63) is 35.8 Å². The highest BCUT2D eigenvalue weighted by Gasteiger charge is 2.76. The molecule has 6 rings (SSSR count). The van der Waals surface area contributed by atoms with E-state index in [1.165, 1.54) is 24.8 Å². The summed E-state index contributed by atoms with van der Waals surface area (Å²) in [6.07, 6.45) is 10.4. The zero-order chi connectivity index (χ0) is 21.4. The minimum absolute atomic E-state index is 0.0210. The van der Waals surface area contributed by atoms with E-state index in [1.54, 1.807) is 19.6 Å². The summed E-state index contributed by atoms with van der Waals surface area (Å²) in [6.45, 7) is 4.41. The summed E-state index contributed by atoms with van der Waals surface area (Å²) in [5.74, 6) is 1.53. The van der Waals surface area contributed by atoms with Crippen LogP contribution in [0.5, 0.6) is 11.5 Å². The number of carbonyl (C=O) groups is 1. The molecule has 5 nitrogen and oxygen atoms in total. The first-order chi connectivity index (χ1) is 15.1. The molecule has 31 heavy (non-hydrogen) atoms. The number of unbranched alkanes of at least 4 members (excludes halogenated alkanes) is 2. The SMILES string of the molecule is CCCCCN1CC23C[C@]4(CC(=O)CCC4C12)c1c(O)c(OC)cc(-c2ccoc2)c13. The van der Waals surface area contributed by atoms with Gasteiger partial charge in [-0.05, 0) is 55.0 Å². The summed E-state index contributed by atoms with van der Waals surface area (Å²) in [5, 5.41) is 11.4. The van der Waals surface area contributed by atoms with E-state index in [1.807, 2.05) is 12.1 Å². The van der Waals surface area contributed by atoms with Gasteiger partial charge in [0.15, 0.2) is 11.5 Å². The average Bonchev–Trinajstić information content (AvgIpc) is 3.42. The number of phenols is 1. The number of ketones is 1. The second-order valence-electron chi connectivity index (χ2n) is 10.2. The number of hydrogen-bond acceptors (Lipinski definition) is 5. The summed E-state index contributed by atoms with van der Waals surface area (Å²) in [6, 6.07) is 4.44. The number of methoxy groups -OCH3 is 1. The van der Waals surface area contributed by atoms with Crippen LogP contribution in [-0.4, -0.2) is 42.0 Å². The molecule has 2 saturated carbocycles. The quantitative estimate of drug-likeness (QED) is 0.679. The predicted molar refractivity (Wildman–Crippen MR) is 118 cm³/mol. The molecule has 164 valence electrons. The lowest BCUT2D eigenvalue weighted by atomic mass is 9.57. The highest BCUT2D eigenvalue weighted by molar-refractivity contribution is 5.86. The third-order valence-electron chi connectivity index (χ3n) is 8.78. The summed E-state index contributed by atoms with van der Waals surface area (Å²) < 4.78 is 11.0. The number of hydrogen-bond donors (Lipinski definition) is 1. The van der Waals surface area contributed by atoms with Gasteiger partial charge < -0.3 is 14.3 Å². The van der Waals surface area contributed by atoms with Gasteiger partial charge in [0.2, 0.25) is 0 Å². The van der Waals surface area contributed by atoms with E-state index in [-0.39, 0.29) is 16.6 Å². The molecule has 2 spiro atoms. The van der Waals surface area contributed by atoms with Crippen LogP contribution in [0.1, 0.15) is 63.0 Å². The average molecular weight is 422 g/mol. The molecular formula is C26H31NO4. The van der Waals surface area contributed by atoms with Gasteiger partial charge in [0.05, 0.1) is 19.6 Å². The maximum absolute atomic E-state index is 12.8. The van der Waals surface area contributed by atoms with E-state index in [9.17, 15) is 9.90 Å². The van der Waals surface area contributed by atoms with Gasteiger partial charge in [-0.1, -0.05) is 19.8 Å². The molecule has 0 amide bonds. The molecule has 1 aromatic carbocycles. The van der Waals surface area contributed by atoms with E-state index in [4.69, 9.17) is 9.15 Å². The van der Waals surface area contributed by atoms with Crippen molar-refractivity contribution in [1.82, 2.24) is 4.90 Å². The minimum atomic E-state index is -0.258. The van der Waals surface area contributed by atoms with Gasteiger partial charge in [0, 0.05) is 47.4 Å². The number of nitrogens with zero attached hydrogens (tertiary/aromatic N) is 1.